The van der Waals surface area contributed by atoms with E-state index in [1.165, 1.54) is 0 Å². The van der Waals surface area contributed by atoms with Crippen LogP contribution in [0.3, 0.4) is 0 Å². The van der Waals surface area contributed by atoms with Gasteiger partial charge < -0.3 is 10.6 Å². The van der Waals surface area contributed by atoms with Gasteiger partial charge in [0.2, 0.25) is 5.91 Å². The molecule has 1 aliphatic carbocycles. The summed E-state index contributed by atoms with van der Waals surface area (Å²) in [4.78, 5) is 34.6. The number of carbonyl (C=O) groups is 2. The fourth-order valence-corrected chi connectivity index (χ4v) is 5.01. The van der Waals surface area contributed by atoms with E-state index in [1.54, 1.807) is 23.5 Å². The van der Waals surface area contributed by atoms with E-state index in [4.69, 9.17) is 10.2 Å². The molecule has 1 fully saturated rings. The zero-order valence-corrected chi connectivity index (χ0v) is 19.4. The maximum absolute atomic E-state index is 12.9. The number of allylic oxidation sites excluding steroid dienone is 1. The lowest BCUT2D eigenvalue weighted by Gasteiger charge is -2.19. The Labute approximate surface area is 197 Å². The summed E-state index contributed by atoms with van der Waals surface area (Å²) < 4.78 is 0. The van der Waals surface area contributed by atoms with Crippen LogP contribution in [0.2, 0.25) is 0 Å². The molecule has 0 saturated heterocycles. The van der Waals surface area contributed by atoms with Crippen LogP contribution >= 0.6 is 11.3 Å². The molecule has 3 atom stereocenters. The number of nitrogens with zero attached hydrogens (tertiary/aromatic N) is 3. The maximum atomic E-state index is 12.9. The minimum atomic E-state index is -1.05. The summed E-state index contributed by atoms with van der Waals surface area (Å²) in [5.41, 5.74) is 3.13. The highest BCUT2D eigenvalue weighted by Gasteiger charge is 2.61. The van der Waals surface area contributed by atoms with Crippen molar-refractivity contribution in [3.63, 3.8) is 0 Å². The summed E-state index contributed by atoms with van der Waals surface area (Å²) in [5, 5.41) is 17.2. The Morgan fingerprint density at radius 2 is 2.09 bits per heavy atom. The molecule has 0 spiro atoms. The van der Waals surface area contributed by atoms with E-state index in [2.05, 4.69) is 29.1 Å². The second kappa shape index (κ2) is 9.12. The first kappa shape index (κ1) is 22.6. The highest BCUT2D eigenvalue weighted by molar-refractivity contribution is 7.11. The van der Waals surface area contributed by atoms with E-state index in [9.17, 15) is 9.59 Å². The molecule has 1 aromatic carbocycles. The molecule has 33 heavy (non-hydrogen) atoms. The topological polar surface area (TPSA) is 107 Å². The average Bonchev–Trinajstić information content (AvgIpc) is 3.35. The van der Waals surface area contributed by atoms with E-state index in [0.29, 0.717) is 17.9 Å². The molecule has 168 valence electrons. The van der Waals surface area contributed by atoms with Gasteiger partial charge in [-0.3, -0.25) is 14.6 Å². The lowest BCUT2D eigenvalue weighted by molar-refractivity contribution is -0.124. The number of carbonyl (C=O) groups excluding carboxylic acids is 2. The smallest absolute Gasteiger partial charge is 0.252 e. The van der Waals surface area contributed by atoms with Crippen molar-refractivity contribution in [1.29, 1.82) is 5.26 Å². The van der Waals surface area contributed by atoms with Crippen molar-refractivity contribution in [2.45, 2.75) is 32.2 Å². The van der Waals surface area contributed by atoms with Crippen molar-refractivity contribution in [1.82, 2.24) is 15.6 Å². The van der Waals surface area contributed by atoms with Gasteiger partial charge in [-0.1, -0.05) is 31.2 Å². The third kappa shape index (κ3) is 4.50. The van der Waals surface area contributed by atoms with Gasteiger partial charge in [-0.05, 0) is 37.8 Å². The molecule has 1 aliphatic heterocycles. The number of nitriles is 1. The zero-order valence-electron chi connectivity index (χ0n) is 18.6. The monoisotopic (exact) mass is 459 g/mol. The second-order valence-corrected chi connectivity index (χ2v) is 9.40. The highest BCUT2D eigenvalue weighted by Crippen LogP contribution is 2.48. The Kier molecular flexibility index (Phi) is 6.25. The van der Waals surface area contributed by atoms with E-state index in [-0.39, 0.29) is 24.3 Å². The van der Waals surface area contributed by atoms with Gasteiger partial charge in [-0.2, -0.15) is 5.26 Å². The molecule has 4 rings (SSSR count). The van der Waals surface area contributed by atoms with Crippen LogP contribution in [0.5, 0.6) is 0 Å². The van der Waals surface area contributed by atoms with Crippen LogP contribution < -0.4 is 10.6 Å². The van der Waals surface area contributed by atoms with E-state index < -0.39 is 5.54 Å². The van der Waals surface area contributed by atoms with Gasteiger partial charge >= 0.3 is 0 Å². The number of aliphatic imine (C=N–C) groups is 1. The number of benzene rings is 1. The van der Waals surface area contributed by atoms with E-state index in [1.807, 2.05) is 42.9 Å². The minimum absolute atomic E-state index is 0.105. The fraction of sp³-hybridized carbons (Fsp3) is 0.320. The molecule has 1 aromatic heterocycles. The molecule has 2 heterocycles. The summed E-state index contributed by atoms with van der Waals surface area (Å²) in [6.07, 6.45) is 5.18. The molecule has 8 heteroatoms. The fourth-order valence-electron chi connectivity index (χ4n) is 4.06. The van der Waals surface area contributed by atoms with Crippen LogP contribution in [-0.4, -0.2) is 35.1 Å². The Balaban J connectivity index is 1.48. The number of hydrogen-bond acceptors (Lipinski definition) is 6. The first-order valence-electron chi connectivity index (χ1n) is 10.8. The van der Waals surface area contributed by atoms with Crippen molar-refractivity contribution >= 4 is 34.9 Å². The minimum Gasteiger partial charge on any atom is -0.341 e. The van der Waals surface area contributed by atoms with Crippen molar-refractivity contribution in [3.05, 3.63) is 58.6 Å². The van der Waals surface area contributed by atoms with Crippen LogP contribution in [0, 0.1) is 23.2 Å². The largest absolute Gasteiger partial charge is 0.341 e. The number of rotatable bonds is 7. The Hall–Kier alpha value is -3.57. The lowest BCUT2D eigenvalue weighted by Crippen LogP contribution is -2.50. The predicted molar refractivity (Wildman–Crippen MR) is 130 cm³/mol. The highest BCUT2D eigenvalue weighted by atomic mass is 32.1. The predicted octanol–water partition coefficient (Wildman–Crippen LogP) is 3.97. The number of aromatic nitrogens is 1. The number of thiazole rings is 1. The SMILES string of the molecule is C=C(C)C1CC1(NC(=O)c1ccc(-c2csc(C3=CN=CCC3C)n2)cc1)C(=O)NCC#N. The maximum Gasteiger partial charge on any atom is 0.252 e. The van der Waals surface area contributed by atoms with Gasteiger partial charge in [0, 0.05) is 40.4 Å². The second-order valence-electron chi connectivity index (χ2n) is 8.54. The summed E-state index contributed by atoms with van der Waals surface area (Å²) in [7, 11) is 0. The molecule has 2 N–H and O–H groups in total. The number of nitrogens with one attached hydrogen (secondary N) is 2. The molecule has 3 unspecified atom stereocenters. The molecule has 2 amide bonds. The molecular formula is C25H25N5O2S. The third-order valence-electron chi connectivity index (χ3n) is 6.13. The summed E-state index contributed by atoms with van der Waals surface area (Å²) >= 11 is 1.59. The van der Waals surface area contributed by atoms with Gasteiger partial charge in [-0.25, -0.2) is 4.98 Å². The Bertz CT molecular complexity index is 1200. The quantitative estimate of drug-likeness (QED) is 0.483. The Morgan fingerprint density at radius 1 is 1.33 bits per heavy atom. The van der Waals surface area contributed by atoms with Crippen LogP contribution in [0.15, 0.2) is 53.0 Å². The van der Waals surface area contributed by atoms with Gasteiger partial charge in [0.05, 0.1) is 11.8 Å². The summed E-state index contributed by atoms with van der Waals surface area (Å²) in [6, 6.07) is 9.07. The molecule has 2 aromatic rings. The molecule has 1 saturated carbocycles. The number of amides is 2. The average molecular weight is 460 g/mol. The molecule has 7 nitrogen and oxygen atoms in total. The summed E-state index contributed by atoms with van der Waals surface area (Å²) in [5.74, 6) is -0.451. The zero-order chi connectivity index (χ0) is 23.6. The third-order valence-corrected chi connectivity index (χ3v) is 7.02. The van der Waals surface area contributed by atoms with Gasteiger partial charge in [0.25, 0.3) is 5.91 Å². The van der Waals surface area contributed by atoms with Crippen LogP contribution in [-0.2, 0) is 4.79 Å². The van der Waals surface area contributed by atoms with E-state index >= 15 is 0 Å². The van der Waals surface area contributed by atoms with Gasteiger partial charge in [0.1, 0.15) is 17.1 Å². The first-order chi connectivity index (χ1) is 15.9. The van der Waals surface area contributed by atoms with E-state index in [0.717, 1.165) is 33.8 Å². The molecular weight excluding hydrogens is 434 g/mol. The number of hydrogen-bond donors (Lipinski definition) is 2. The molecule has 0 bridgehead atoms. The van der Waals surface area contributed by atoms with Crippen molar-refractivity contribution in [2.75, 3.05) is 6.54 Å². The van der Waals surface area contributed by atoms with Crippen molar-refractivity contribution < 1.29 is 9.59 Å². The lowest BCUT2D eigenvalue weighted by atomic mass is 9.98. The van der Waals surface area contributed by atoms with Crippen LogP contribution in [0.25, 0.3) is 16.8 Å². The normalized spacial score (nSPS) is 23.2. The van der Waals surface area contributed by atoms with Gasteiger partial charge in [0.15, 0.2) is 0 Å². The Morgan fingerprint density at radius 3 is 2.73 bits per heavy atom. The molecule has 0 radical (unpaired) electrons. The summed E-state index contributed by atoms with van der Waals surface area (Å²) in [6.45, 7) is 7.82. The first-order valence-corrected chi connectivity index (χ1v) is 11.6. The van der Waals surface area contributed by atoms with Crippen molar-refractivity contribution in [2.24, 2.45) is 16.8 Å². The molecule has 2 aliphatic rings. The standard InChI is InChI=1S/C25H25N5O2S/c1-15(2)20-12-25(20,24(32)28-11-9-26)30-22(31)18-6-4-17(5-7-18)21-14-33-23(29-21)19-13-27-10-8-16(19)3/h4-7,10,13-14,16,20H,1,8,11-12H2,2-3H3,(H,28,32)(H,30,31). The van der Waals surface area contributed by atoms with Crippen molar-refractivity contribution in [3.8, 4) is 17.3 Å². The van der Waals surface area contributed by atoms with Gasteiger partial charge in [-0.15, -0.1) is 11.3 Å². The van der Waals surface area contributed by atoms with Crippen LogP contribution in [0.1, 0.15) is 42.1 Å². The van der Waals surface area contributed by atoms with Crippen LogP contribution in [0.4, 0.5) is 0 Å².